The number of hydrogen-bond donors (Lipinski definition) is 2. The Hall–Kier alpha value is -0.770. The zero-order valence-corrected chi connectivity index (χ0v) is 7.95. The molecule has 2 N–H and O–H groups in total. The molecular weight excluding hydrogens is 170 g/mol. The predicted molar refractivity (Wildman–Crippen MR) is 48.4 cm³/mol. The van der Waals surface area contributed by atoms with Crippen molar-refractivity contribution >= 4 is 6.09 Å². The van der Waals surface area contributed by atoms with Crippen molar-refractivity contribution in [3.63, 3.8) is 0 Å². The van der Waals surface area contributed by atoms with Gasteiger partial charge >= 0.3 is 6.09 Å². The Labute approximate surface area is 78.3 Å². The van der Waals surface area contributed by atoms with Crippen molar-refractivity contribution in [2.75, 3.05) is 13.7 Å². The maximum absolute atomic E-state index is 10.8. The first-order valence-corrected chi connectivity index (χ1v) is 4.75. The minimum atomic E-state index is -0.354. The maximum atomic E-state index is 10.8. The first-order valence-electron chi connectivity index (χ1n) is 4.75. The van der Waals surface area contributed by atoms with Crippen molar-refractivity contribution in [3.8, 4) is 0 Å². The normalized spacial score (nSPS) is 28.2. The van der Waals surface area contributed by atoms with E-state index >= 15 is 0 Å². The number of aliphatic hydroxyl groups is 1. The van der Waals surface area contributed by atoms with Crippen LogP contribution in [-0.2, 0) is 4.74 Å². The third kappa shape index (κ3) is 3.22. The summed E-state index contributed by atoms with van der Waals surface area (Å²) in [5, 5.41) is 11.3. The van der Waals surface area contributed by atoms with Gasteiger partial charge in [0.25, 0.3) is 0 Å². The number of rotatable bonds is 2. The third-order valence-corrected chi connectivity index (χ3v) is 2.53. The van der Waals surface area contributed by atoms with Crippen LogP contribution in [0.15, 0.2) is 0 Å². The first-order chi connectivity index (χ1) is 6.26. The smallest absolute Gasteiger partial charge is 0.407 e. The summed E-state index contributed by atoms with van der Waals surface area (Å²) in [5.74, 6) is 0.407. The topological polar surface area (TPSA) is 58.6 Å². The fraction of sp³-hybridized carbons (Fsp3) is 0.889. The van der Waals surface area contributed by atoms with E-state index in [1.54, 1.807) is 7.05 Å². The van der Waals surface area contributed by atoms with Gasteiger partial charge < -0.3 is 15.2 Å². The lowest BCUT2D eigenvalue weighted by atomic mass is 9.88. The molecule has 0 unspecified atom stereocenters. The molecule has 0 heterocycles. The van der Waals surface area contributed by atoms with Gasteiger partial charge in [-0.15, -0.1) is 0 Å². The number of hydrogen-bond acceptors (Lipinski definition) is 3. The van der Waals surface area contributed by atoms with Gasteiger partial charge in [0.05, 0.1) is 0 Å². The average Bonchev–Trinajstić information content (AvgIpc) is 2.19. The van der Waals surface area contributed by atoms with Crippen LogP contribution in [0.3, 0.4) is 0 Å². The van der Waals surface area contributed by atoms with Crippen molar-refractivity contribution < 1.29 is 14.6 Å². The molecule has 1 aliphatic carbocycles. The maximum Gasteiger partial charge on any atom is 0.407 e. The molecule has 1 amide bonds. The van der Waals surface area contributed by atoms with Gasteiger partial charge in [0.2, 0.25) is 0 Å². The molecule has 13 heavy (non-hydrogen) atoms. The Kier molecular flexibility index (Phi) is 4.02. The van der Waals surface area contributed by atoms with Crippen LogP contribution in [0, 0.1) is 5.92 Å². The largest absolute Gasteiger partial charge is 0.446 e. The summed E-state index contributed by atoms with van der Waals surface area (Å²) < 4.78 is 5.10. The number of carbonyl (C=O) groups excluding carboxylic acids is 1. The first kappa shape index (κ1) is 10.3. The minimum absolute atomic E-state index is 0.0442. The highest BCUT2D eigenvalue weighted by Crippen LogP contribution is 2.25. The second kappa shape index (κ2) is 5.07. The summed E-state index contributed by atoms with van der Waals surface area (Å²) in [4.78, 5) is 10.8. The molecule has 1 saturated carbocycles. The van der Waals surface area contributed by atoms with Crippen LogP contribution < -0.4 is 5.32 Å². The predicted octanol–water partition coefficient (Wildman–Crippen LogP) is 0.893. The van der Waals surface area contributed by atoms with E-state index < -0.39 is 0 Å². The fourth-order valence-electron chi connectivity index (χ4n) is 1.64. The van der Waals surface area contributed by atoms with E-state index in [-0.39, 0.29) is 18.8 Å². The summed E-state index contributed by atoms with van der Waals surface area (Å²) in [6, 6.07) is 0. The quantitative estimate of drug-likeness (QED) is 0.675. The molecule has 1 fully saturated rings. The highest BCUT2D eigenvalue weighted by atomic mass is 16.6. The highest BCUT2D eigenvalue weighted by molar-refractivity contribution is 5.66. The molecule has 0 aromatic carbocycles. The van der Waals surface area contributed by atoms with E-state index in [2.05, 4.69) is 5.32 Å². The Morgan fingerprint density at radius 1 is 1.46 bits per heavy atom. The molecule has 1 rings (SSSR count). The molecular formula is C9H17NO3. The number of ether oxygens (including phenoxy) is 1. The second-order valence-electron chi connectivity index (χ2n) is 3.48. The summed E-state index contributed by atoms with van der Waals surface area (Å²) in [6.07, 6.45) is 3.35. The van der Waals surface area contributed by atoms with Crippen LogP contribution in [0.2, 0.25) is 0 Å². The van der Waals surface area contributed by atoms with E-state index in [1.165, 1.54) is 0 Å². The summed E-state index contributed by atoms with van der Waals surface area (Å²) in [7, 11) is 1.56. The molecule has 4 heteroatoms. The van der Waals surface area contributed by atoms with E-state index in [1.807, 2.05) is 0 Å². The molecule has 0 radical (unpaired) electrons. The van der Waals surface area contributed by atoms with Crippen LogP contribution in [0.25, 0.3) is 0 Å². The van der Waals surface area contributed by atoms with Gasteiger partial charge in [-0.25, -0.2) is 4.79 Å². The van der Waals surface area contributed by atoms with Crippen molar-refractivity contribution in [2.24, 2.45) is 5.92 Å². The fourth-order valence-corrected chi connectivity index (χ4v) is 1.64. The second-order valence-corrected chi connectivity index (χ2v) is 3.48. The van der Waals surface area contributed by atoms with Crippen LogP contribution >= 0.6 is 0 Å². The molecule has 0 atom stereocenters. The molecule has 0 aromatic rings. The van der Waals surface area contributed by atoms with Crippen LogP contribution in [0.1, 0.15) is 25.7 Å². The number of nitrogens with one attached hydrogen (secondary N) is 1. The SMILES string of the molecule is CNC(=O)OC1CCC(CO)CC1. The monoisotopic (exact) mass is 187 g/mol. The number of aliphatic hydroxyl groups excluding tert-OH is 1. The van der Waals surface area contributed by atoms with Crippen molar-refractivity contribution in [1.82, 2.24) is 5.32 Å². The van der Waals surface area contributed by atoms with Gasteiger partial charge in [0, 0.05) is 13.7 Å². The van der Waals surface area contributed by atoms with E-state index in [0.717, 1.165) is 25.7 Å². The van der Waals surface area contributed by atoms with Crippen LogP contribution in [0.5, 0.6) is 0 Å². The van der Waals surface area contributed by atoms with Crippen molar-refractivity contribution in [3.05, 3.63) is 0 Å². The molecule has 0 spiro atoms. The molecule has 0 aromatic heterocycles. The lowest BCUT2D eigenvalue weighted by molar-refractivity contribution is 0.0558. The van der Waals surface area contributed by atoms with Crippen LogP contribution in [0.4, 0.5) is 4.79 Å². The number of amides is 1. The van der Waals surface area contributed by atoms with E-state index in [0.29, 0.717) is 5.92 Å². The van der Waals surface area contributed by atoms with Gasteiger partial charge in [0.1, 0.15) is 6.10 Å². The highest BCUT2D eigenvalue weighted by Gasteiger charge is 2.22. The average molecular weight is 187 g/mol. The van der Waals surface area contributed by atoms with E-state index in [9.17, 15) is 4.79 Å². The van der Waals surface area contributed by atoms with Gasteiger partial charge in [0.15, 0.2) is 0 Å². The van der Waals surface area contributed by atoms with Crippen LogP contribution in [-0.4, -0.2) is 31.0 Å². The lowest BCUT2D eigenvalue weighted by Crippen LogP contribution is -2.29. The Morgan fingerprint density at radius 3 is 2.54 bits per heavy atom. The Morgan fingerprint density at radius 2 is 2.08 bits per heavy atom. The Bertz CT molecular complexity index is 164. The standard InChI is InChI=1S/C9H17NO3/c1-10-9(12)13-8-4-2-7(6-11)3-5-8/h7-8,11H,2-6H2,1H3,(H,10,12). The third-order valence-electron chi connectivity index (χ3n) is 2.53. The number of carbonyl (C=O) groups is 1. The van der Waals surface area contributed by atoms with Crippen molar-refractivity contribution in [2.45, 2.75) is 31.8 Å². The zero-order valence-electron chi connectivity index (χ0n) is 7.95. The van der Waals surface area contributed by atoms with Gasteiger partial charge in [-0.2, -0.15) is 0 Å². The molecule has 0 aliphatic heterocycles. The minimum Gasteiger partial charge on any atom is -0.446 e. The van der Waals surface area contributed by atoms with Gasteiger partial charge in [-0.3, -0.25) is 0 Å². The van der Waals surface area contributed by atoms with Crippen molar-refractivity contribution in [1.29, 1.82) is 0 Å². The molecule has 0 saturated heterocycles. The number of alkyl carbamates (subject to hydrolysis) is 1. The van der Waals surface area contributed by atoms with Gasteiger partial charge in [-0.1, -0.05) is 0 Å². The summed E-state index contributed by atoms with van der Waals surface area (Å²) in [5.41, 5.74) is 0. The van der Waals surface area contributed by atoms with E-state index in [4.69, 9.17) is 9.84 Å². The molecule has 0 bridgehead atoms. The zero-order chi connectivity index (χ0) is 9.68. The molecule has 4 nitrogen and oxygen atoms in total. The molecule has 76 valence electrons. The van der Waals surface area contributed by atoms with Gasteiger partial charge in [-0.05, 0) is 31.6 Å². The Balaban J connectivity index is 2.21. The summed E-state index contributed by atoms with van der Waals surface area (Å²) >= 11 is 0. The summed E-state index contributed by atoms with van der Waals surface area (Å²) in [6.45, 7) is 0.257. The molecule has 1 aliphatic rings. The lowest BCUT2D eigenvalue weighted by Gasteiger charge is -2.26.